The van der Waals surface area contributed by atoms with Crippen LogP contribution in [0.4, 0.5) is 0 Å². The van der Waals surface area contributed by atoms with E-state index in [0.29, 0.717) is 12.3 Å². The maximum Gasteiger partial charge on any atom is 0.221 e. The van der Waals surface area contributed by atoms with Gasteiger partial charge in [-0.05, 0) is 38.1 Å². The average molecular weight is 311 g/mol. The Kier molecular flexibility index (Phi) is 6.42. The van der Waals surface area contributed by atoms with Crippen molar-refractivity contribution < 1.29 is 17.9 Å². The molecule has 21 heavy (non-hydrogen) atoms. The summed E-state index contributed by atoms with van der Waals surface area (Å²) in [6, 6.07) is 6.22. The molecule has 1 N–H and O–H groups in total. The zero-order valence-corrected chi connectivity index (χ0v) is 13.2. The molecule has 116 valence electrons. The van der Waals surface area contributed by atoms with Gasteiger partial charge in [-0.15, -0.1) is 6.58 Å². The van der Waals surface area contributed by atoms with Crippen molar-refractivity contribution in [2.75, 3.05) is 12.3 Å². The van der Waals surface area contributed by atoms with Crippen LogP contribution in [0.1, 0.15) is 20.3 Å². The third-order valence-corrected chi connectivity index (χ3v) is 4.33. The molecule has 0 saturated heterocycles. The van der Waals surface area contributed by atoms with Gasteiger partial charge in [-0.2, -0.15) is 0 Å². The van der Waals surface area contributed by atoms with Gasteiger partial charge < -0.3 is 10.1 Å². The van der Waals surface area contributed by atoms with E-state index in [1.807, 2.05) is 13.8 Å². The Bertz CT molecular complexity index is 576. The van der Waals surface area contributed by atoms with Gasteiger partial charge in [0.05, 0.1) is 16.8 Å². The van der Waals surface area contributed by atoms with Crippen LogP contribution in [-0.4, -0.2) is 32.7 Å². The van der Waals surface area contributed by atoms with E-state index in [1.165, 1.54) is 12.1 Å². The van der Waals surface area contributed by atoms with E-state index in [2.05, 4.69) is 11.9 Å². The number of ether oxygens (including phenoxy) is 1. The smallest absolute Gasteiger partial charge is 0.221 e. The van der Waals surface area contributed by atoms with E-state index in [1.54, 1.807) is 18.2 Å². The number of benzene rings is 1. The molecule has 0 aromatic heterocycles. The Morgan fingerprint density at radius 1 is 1.33 bits per heavy atom. The Hall–Kier alpha value is -1.82. The lowest BCUT2D eigenvalue weighted by Crippen LogP contribution is -2.25. The molecular formula is C15H21NO4S. The summed E-state index contributed by atoms with van der Waals surface area (Å²) in [6.07, 6.45) is 1.50. The third-order valence-electron chi connectivity index (χ3n) is 2.60. The maximum absolute atomic E-state index is 12.1. The van der Waals surface area contributed by atoms with Gasteiger partial charge in [0.2, 0.25) is 5.91 Å². The highest BCUT2D eigenvalue weighted by atomic mass is 32.2. The number of amides is 1. The molecular weight excluding hydrogens is 290 g/mol. The fraction of sp³-hybridized carbons (Fsp3) is 0.400. The molecule has 0 unspecified atom stereocenters. The van der Waals surface area contributed by atoms with Gasteiger partial charge in [-0.3, -0.25) is 4.79 Å². The van der Waals surface area contributed by atoms with Crippen LogP contribution in [0.15, 0.2) is 41.8 Å². The molecule has 1 rings (SSSR count). The number of carbonyl (C=O) groups excluding carboxylic acids is 1. The molecule has 0 fully saturated rings. The van der Waals surface area contributed by atoms with Crippen molar-refractivity contribution in [2.24, 2.45) is 0 Å². The number of nitrogens with one attached hydrogen (secondary N) is 1. The normalized spacial score (nSPS) is 11.2. The topological polar surface area (TPSA) is 72.5 Å². The highest BCUT2D eigenvalue weighted by Crippen LogP contribution is 2.18. The van der Waals surface area contributed by atoms with E-state index in [4.69, 9.17) is 4.74 Å². The second-order valence-corrected chi connectivity index (χ2v) is 6.91. The van der Waals surface area contributed by atoms with E-state index in [-0.39, 0.29) is 29.1 Å². The molecule has 0 aliphatic heterocycles. The van der Waals surface area contributed by atoms with Crippen LogP contribution in [-0.2, 0) is 14.6 Å². The molecule has 0 saturated carbocycles. The fourth-order valence-corrected chi connectivity index (χ4v) is 2.86. The van der Waals surface area contributed by atoms with Crippen molar-refractivity contribution in [3.63, 3.8) is 0 Å². The van der Waals surface area contributed by atoms with Crippen molar-refractivity contribution in [1.82, 2.24) is 5.32 Å². The predicted octanol–water partition coefficient (Wildman–Crippen LogP) is 1.94. The Labute approximate surface area is 125 Å². The lowest BCUT2D eigenvalue weighted by molar-refractivity contribution is -0.120. The Morgan fingerprint density at radius 3 is 2.48 bits per heavy atom. The summed E-state index contributed by atoms with van der Waals surface area (Å²) in [5, 5.41) is 2.55. The molecule has 0 aliphatic carbocycles. The van der Waals surface area contributed by atoms with Crippen LogP contribution >= 0.6 is 0 Å². The molecule has 5 nitrogen and oxygen atoms in total. The largest absolute Gasteiger partial charge is 0.491 e. The van der Waals surface area contributed by atoms with Gasteiger partial charge in [0.25, 0.3) is 0 Å². The van der Waals surface area contributed by atoms with Gasteiger partial charge in [0.1, 0.15) is 5.75 Å². The van der Waals surface area contributed by atoms with Gasteiger partial charge in [-0.25, -0.2) is 8.42 Å². The molecule has 1 aromatic carbocycles. The minimum Gasteiger partial charge on any atom is -0.491 e. The predicted molar refractivity (Wildman–Crippen MR) is 82.1 cm³/mol. The Balaban J connectivity index is 2.65. The van der Waals surface area contributed by atoms with E-state index in [9.17, 15) is 13.2 Å². The number of carbonyl (C=O) groups is 1. The van der Waals surface area contributed by atoms with Crippen LogP contribution < -0.4 is 10.1 Å². The molecule has 0 bridgehead atoms. The van der Waals surface area contributed by atoms with Crippen molar-refractivity contribution in [1.29, 1.82) is 0 Å². The highest BCUT2D eigenvalue weighted by molar-refractivity contribution is 7.91. The van der Waals surface area contributed by atoms with Crippen molar-refractivity contribution in [3.05, 3.63) is 36.9 Å². The van der Waals surface area contributed by atoms with Crippen LogP contribution in [0, 0.1) is 0 Å². The summed E-state index contributed by atoms with van der Waals surface area (Å²) in [5.74, 6) is 0.0892. The minimum atomic E-state index is -3.47. The van der Waals surface area contributed by atoms with Crippen molar-refractivity contribution in [2.45, 2.75) is 31.3 Å². The van der Waals surface area contributed by atoms with E-state index < -0.39 is 9.84 Å². The lowest BCUT2D eigenvalue weighted by Gasteiger charge is -2.10. The monoisotopic (exact) mass is 311 g/mol. The quantitative estimate of drug-likeness (QED) is 0.745. The summed E-state index contributed by atoms with van der Waals surface area (Å²) in [4.78, 5) is 11.6. The maximum atomic E-state index is 12.1. The second kappa shape index (κ2) is 7.83. The van der Waals surface area contributed by atoms with Gasteiger partial charge in [0.15, 0.2) is 9.84 Å². The van der Waals surface area contributed by atoms with E-state index >= 15 is 0 Å². The van der Waals surface area contributed by atoms with Gasteiger partial charge in [0, 0.05) is 13.0 Å². The highest BCUT2D eigenvalue weighted by Gasteiger charge is 2.16. The fourth-order valence-electron chi connectivity index (χ4n) is 1.62. The third kappa shape index (κ3) is 5.99. The first kappa shape index (κ1) is 17.2. The summed E-state index contributed by atoms with van der Waals surface area (Å²) in [6.45, 7) is 7.60. The number of hydrogen-bond donors (Lipinski definition) is 1. The summed E-state index contributed by atoms with van der Waals surface area (Å²) < 4.78 is 29.7. The standard InChI is InChI=1S/C15H21NO4S/c1-4-10-16-15(17)9-11-21(18,19)14-7-5-13(6-8-14)20-12(2)3/h4-8,12H,1,9-11H2,2-3H3,(H,16,17). The molecule has 6 heteroatoms. The first-order chi connectivity index (χ1) is 9.85. The van der Waals surface area contributed by atoms with Crippen LogP contribution in [0.5, 0.6) is 5.75 Å². The SMILES string of the molecule is C=CCNC(=O)CCS(=O)(=O)c1ccc(OC(C)C)cc1. The van der Waals surface area contributed by atoms with Crippen molar-refractivity contribution >= 4 is 15.7 Å². The van der Waals surface area contributed by atoms with E-state index in [0.717, 1.165) is 0 Å². The van der Waals surface area contributed by atoms with Gasteiger partial charge in [-0.1, -0.05) is 6.08 Å². The minimum absolute atomic E-state index is 0.0287. The first-order valence-corrected chi connectivity index (χ1v) is 8.37. The molecule has 0 spiro atoms. The number of rotatable bonds is 8. The molecule has 1 aromatic rings. The lowest BCUT2D eigenvalue weighted by atomic mass is 10.3. The molecule has 0 radical (unpaired) electrons. The number of sulfone groups is 1. The molecule has 0 atom stereocenters. The average Bonchev–Trinajstić information content (AvgIpc) is 2.43. The van der Waals surface area contributed by atoms with Crippen LogP contribution in [0.25, 0.3) is 0 Å². The number of hydrogen-bond acceptors (Lipinski definition) is 4. The van der Waals surface area contributed by atoms with Crippen LogP contribution in [0.2, 0.25) is 0 Å². The summed E-state index contributed by atoms with van der Waals surface area (Å²) in [5.41, 5.74) is 0. The van der Waals surface area contributed by atoms with Crippen LogP contribution in [0.3, 0.4) is 0 Å². The Morgan fingerprint density at radius 2 is 1.95 bits per heavy atom. The van der Waals surface area contributed by atoms with Crippen molar-refractivity contribution in [3.8, 4) is 5.75 Å². The summed E-state index contributed by atoms with van der Waals surface area (Å²) >= 11 is 0. The molecule has 0 aliphatic rings. The molecule has 0 heterocycles. The molecule has 1 amide bonds. The van der Waals surface area contributed by atoms with Gasteiger partial charge >= 0.3 is 0 Å². The summed E-state index contributed by atoms with van der Waals surface area (Å²) in [7, 11) is -3.47. The zero-order valence-electron chi connectivity index (χ0n) is 12.3. The second-order valence-electron chi connectivity index (χ2n) is 4.80. The zero-order chi connectivity index (χ0) is 15.9. The first-order valence-electron chi connectivity index (χ1n) is 6.72.